The van der Waals surface area contributed by atoms with Gasteiger partial charge in [-0.2, -0.15) is 13.7 Å². The van der Waals surface area contributed by atoms with E-state index in [4.69, 9.17) is 14.6 Å². The van der Waals surface area contributed by atoms with Gasteiger partial charge in [0.05, 0.1) is 31.0 Å². The molecule has 3 rings (SSSR count). The Morgan fingerprint density at radius 1 is 1.20 bits per heavy atom. The molecule has 1 aromatic heterocycles. The third-order valence-electron chi connectivity index (χ3n) is 5.10. The minimum atomic E-state index is -3.69. The van der Waals surface area contributed by atoms with Crippen LogP contribution in [0, 0.1) is 11.3 Å². The molecule has 1 fully saturated rings. The number of hydrogen-bond donors (Lipinski definition) is 2. The van der Waals surface area contributed by atoms with Gasteiger partial charge in [-0.15, -0.1) is 0 Å². The second-order valence-corrected chi connectivity index (χ2v) is 8.36. The molecule has 1 saturated heterocycles. The first kappa shape index (κ1) is 22.0. The van der Waals surface area contributed by atoms with E-state index in [-0.39, 0.29) is 6.54 Å². The first-order valence-corrected chi connectivity index (χ1v) is 11.1. The molecular formula is C19H26N6O4S. The molecule has 0 spiro atoms. The Kier molecular flexibility index (Phi) is 6.94. The monoisotopic (exact) mass is 434 g/mol. The number of aromatic nitrogens is 1. The molecule has 0 bridgehead atoms. The molecule has 162 valence electrons. The van der Waals surface area contributed by atoms with Crippen molar-refractivity contribution < 1.29 is 17.9 Å². The van der Waals surface area contributed by atoms with Crippen LogP contribution in [0.4, 0.5) is 5.69 Å². The summed E-state index contributed by atoms with van der Waals surface area (Å²) >= 11 is 0. The zero-order valence-electron chi connectivity index (χ0n) is 17.1. The summed E-state index contributed by atoms with van der Waals surface area (Å²) in [6, 6.07) is 5.92. The van der Waals surface area contributed by atoms with Gasteiger partial charge in [-0.25, -0.2) is 9.86 Å². The van der Waals surface area contributed by atoms with E-state index in [1.54, 1.807) is 20.4 Å². The molecule has 0 amide bonds. The Bertz CT molecular complexity index is 1050. The highest BCUT2D eigenvalue weighted by molar-refractivity contribution is 7.87. The maximum absolute atomic E-state index is 11.1. The Morgan fingerprint density at radius 3 is 2.60 bits per heavy atom. The topological polar surface area (TPSA) is 134 Å². The number of pyridine rings is 1. The molecule has 1 aliphatic heterocycles. The normalized spacial score (nSPS) is 15.6. The molecule has 0 radical (unpaired) electrons. The van der Waals surface area contributed by atoms with Gasteiger partial charge in [0, 0.05) is 50.4 Å². The van der Waals surface area contributed by atoms with Crippen molar-refractivity contribution in [2.24, 2.45) is 5.14 Å². The lowest BCUT2D eigenvalue weighted by Gasteiger charge is -2.26. The molecule has 30 heavy (non-hydrogen) atoms. The summed E-state index contributed by atoms with van der Waals surface area (Å²) in [6.07, 6.45) is 2.46. The minimum absolute atomic E-state index is 0.261. The summed E-state index contributed by atoms with van der Waals surface area (Å²) in [6.45, 7) is 3.84. The average Bonchev–Trinajstić information content (AvgIpc) is 2.96. The molecule has 11 heteroatoms. The Labute approximate surface area is 176 Å². The molecule has 1 aromatic carbocycles. The highest BCUT2D eigenvalue weighted by atomic mass is 32.2. The second kappa shape index (κ2) is 9.44. The maximum Gasteiger partial charge on any atom is 0.274 e. The van der Waals surface area contributed by atoms with Gasteiger partial charge in [0.15, 0.2) is 11.5 Å². The Balaban J connectivity index is 1.87. The molecule has 0 unspecified atom stereocenters. The molecule has 10 nitrogen and oxygen atoms in total. The summed E-state index contributed by atoms with van der Waals surface area (Å²) in [5, 5.41) is 15.5. The number of nitriles is 1. The number of rotatable bonds is 7. The van der Waals surface area contributed by atoms with E-state index in [0.29, 0.717) is 30.2 Å². The van der Waals surface area contributed by atoms with Crippen molar-refractivity contribution in [1.29, 1.82) is 5.26 Å². The summed E-state index contributed by atoms with van der Waals surface area (Å²) in [4.78, 5) is 8.78. The van der Waals surface area contributed by atoms with E-state index in [2.05, 4.69) is 25.6 Å². The van der Waals surface area contributed by atoms with Crippen LogP contribution in [-0.2, 0) is 10.2 Å². The van der Waals surface area contributed by atoms with Gasteiger partial charge in [0.1, 0.15) is 6.07 Å². The Morgan fingerprint density at radius 2 is 1.93 bits per heavy atom. The predicted octanol–water partition coefficient (Wildman–Crippen LogP) is 0.429. The summed E-state index contributed by atoms with van der Waals surface area (Å²) in [7, 11) is -0.540. The quantitative estimate of drug-likeness (QED) is 0.641. The van der Waals surface area contributed by atoms with Gasteiger partial charge in [-0.3, -0.25) is 4.98 Å². The fourth-order valence-electron chi connectivity index (χ4n) is 3.69. The number of nitrogens with zero attached hydrogens (tertiary/aromatic N) is 4. The number of nitrogens with one attached hydrogen (secondary N) is 1. The number of methoxy groups -OCH3 is 2. The molecule has 2 heterocycles. The molecule has 0 saturated carbocycles. The third-order valence-corrected chi connectivity index (χ3v) is 5.71. The van der Waals surface area contributed by atoms with Gasteiger partial charge in [-0.1, -0.05) is 0 Å². The van der Waals surface area contributed by atoms with Crippen LogP contribution >= 0.6 is 0 Å². The van der Waals surface area contributed by atoms with E-state index < -0.39 is 10.2 Å². The summed E-state index contributed by atoms with van der Waals surface area (Å²) < 4.78 is 35.2. The molecule has 0 aliphatic carbocycles. The van der Waals surface area contributed by atoms with Crippen molar-refractivity contribution in [3.8, 4) is 17.6 Å². The second-order valence-electron chi connectivity index (χ2n) is 6.98. The van der Waals surface area contributed by atoms with Crippen molar-refractivity contribution >= 4 is 26.8 Å². The zero-order chi connectivity index (χ0) is 21.7. The SMILES string of the molecule is COc1cc2ncc(C#N)c(N3CCCN(CCNS(N)(=O)=O)CC3)c2cc1OC. The van der Waals surface area contributed by atoms with Gasteiger partial charge in [0.25, 0.3) is 10.2 Å². The van der Waals surface area contributed by atoms with E-state index in [1.165, 1.54) is 0 Å². The summed E-state index contributed by atoms with van der Waals surface area (Å²) in [5.74, 6) is 1.16. The lowest BCUT2D eigenvalue weighted by molar-refractivity contribution is 0.298. The minimum Gasteiger partial charge on any atom is -0.493 e. The number of benzene rings is 1. The zero-order valence-corrected chi connectivity index (χ0v) is 17.9. The van der Waals surface area contributed by atoms with Crippen molar-refractivity contribution in [2.45, 2.75) is 6.42 Å². The fraction of sp³-hybridized carbons (Fsp3) is 0.474. The van der Waals surface area contributed by atoms with Gasteiger partial charge >= 0.3 is 0 Å². The maximum atomic E-state index is 11.1. The lowest BCUT2D eigenvalue weighted by Crippen LogP contribution is -2.39. The number of anilines is 1. The predicted molar refractivity (Wildman–Crippen MR) is 114 cm³/mol. The van der Waals surface area contributed by atoms with Crippen molar-refractivity contribution in [2.75, 3.05) is 58.4 Å². The van der Waals surface area contributed by atoms with E-state index in [0.717, 1.165) is 42.6 Å². The molecular weight excluding hydrogens is 408 g/mol. The summed E-state index contributed by atoms with van der Waals surface area (Å²) in [5.41, 5.74) is 2.05. The third kappa shape index (κ3) is 5.09. The fourth-order valence-corrected chi connectivity index (χ4v) is 4.07. The van der Waals surface area contributed by atoms with Crippen LogP contribution in [0.1, 0.15) is 12.0 Å². The number of ether oxygens (including phenoxy) is 2. The lowest BCUT2D eigenvalue weighted by atomic mass is 10.1. The number of hydrogen-bond acceptors (Lipinski definition) is 8. The van der Waals surface area contributed by atoms with Gasteiger partial charge < -0.3 is 19.3 Å². The molecule has 0 atom stereocenters. The first-order valence-electron chi connectivity index (χ1n) is 9.55. The first-order chi connectivity index (χ1) is 14.4. The average molecular weight is 435 g/mol. The van der Waals surface area contributed by atoms with Gasteiger partial charge in [-0.05, 0) is 19.0 Å². The number of fused-ring (bicyclic) bond motifs is 1. The van der Waals surface area contributed by atoms with Crippen LogP contribution in [0.25, 0.3) is 10.9 Å². The number of nitrogens with two attached hydrogens (primary N) is 1. The van der Waals surface area contributed by atoms with Gasteiger partial charge in [0.2, 0.25) is 0 Å². The smallest absolute Gasteiger partial charge is 0.274 e. The Hall–Kier alpha value is -2.65. The van der Waals surface area contributed by atoms with Crippen LogP contribution in [0.5, 0.6) is 11.5 Å². The van der Waals surface area contributed by atoms with Crippen molar-refractivity contribution in [3.05, 3.63) is 23.9 Å². The standard InChI is InChI=1S/C19H26N6O4S/c1-28-17-10-15-16(11-18(17)29-2)22-13-14(12-20)19(15)25-6-3-5-24(8-9-25)7-4-23-30(21,26)27/h10-11,13,23H,3-9H2,1-2H3,(H2,21,26,27). The molecule has 1 aliphatic rings. The highest BCUT2D eigenvalue weighted by Crippen LogP contribution is 2.37. The van der Waals surface area contributed by atoms with Crippen molar-refractivity contribution in [1.82, 2.24) is 14.6 Å². The molecule has 2 aromatic rings. The van der Waals surface area contributed by atoms with E-state index in [1.807, 2.05) is 12.1 Å². The van der Waals surface area contributed by atoms with E-state index in [9.17, 15) is 13.7 Å². The van der Waals surface area contributed by atoms with Crippen LogP contribution in [-0.4, -0.2) is 71.8 Å². The van der Waals surface area contributed by atoms with Crippen molar-refractivity contribution in [3.63, 3.8) is 0 Å². The van der Waals surface area contributed by atoms with Crippen LogP contribution in [0.15, 0.2) is 18.3 Å². The largest absolute Gasteiger partial charge is 0.493 e. The van der Waals surface area contributed by atoms with Crippen LogP contribution < -0.4 is 24.2 Å². The van der Waals surface area contributed by atoms with Crippen LogP contribution in [0.3, 0.4) is 0 Å². The van der Waals surface area contributed by atoms with Crippen LogP contribution in [0.2, 0.25) is 0 Å². The highest BCUT2D eigenvalue weighted by Gasteiger charge is 2.21. The van der Waals surface area contributed by atoms with E-state index >= 15 is 0 Å². The molecule has 3 N–H and O–H groups in total.